The van der Waals surface area contributed by atoms with Gasteiger partial charge in [0, 0.05) is 13.1 Å². The lowest BCUT2D eigenvalue weighted by Gasteiger charge is -2.26. The maximum Gasteiger partial charge on any atom is 0.424 e. The Morgan fingerprint density at radius 3 is 2.57 bits per heavy atom. The molecule has 1 unspecified atom stereocenters. The standard InChI is InChI=1S/C15H20N2O4/c1-3-21-15(19)17-11-13(14(18)20-2)10-16(17)9-12-7-5-4-6-8-12/h4-8,13H,3,9-11H2,1-2H3. The van der Waals surface area contributed by atoms with E-state index in [2.05, 4.69) is 0 Å². The number of benzene rings is 1. The SMILES string of the molecule is CCOC(=O)N1CC(C(=O)OC)CN1Cc1ccccc1. The van der Waals surface area contributed by atoms with E-state index in [1.54, 1.807) is 6.92 Å². The van der Waals surface area contributed by atoms with Crippen LogP contribution in [0.1, 0.15) is 12.5 Å². The van der Waals surface area contributed by atoms with Gasteiger partial charge in [-0.1, -0.05) is 30.3 Å². The van der Waals surface area contributed by atoms with E-state index in [1.165, 1.54) is 12.1 Å². The molecule has 1 amide bonds. The number of ether oxygens (including phenoxy) is 2. The van der Waals surface area contributed by atoms with Crippen molar-refractivity contribution in [1.29, 1.82) is 0 Å². The Balaban J connectivity index is 2.10. The van der Waals surface area contributed by atoms with E-state index in [0.717, 1.165) is 5.56 Å². The van der Waals surface area contributed by atoms with Gasteiger partial charge in [0.25, 0.3) is 0 Å². The molecule has 114 valence electrons. The minimum absolute atomic E-state index is 0.290. The summed E-state index contributed by atoms with van der Waals surface area (Å²) >= 11 is 0. The molecule has 0 N–H and O–H groups in total. The van der Waals surface area contributed by atoms with Gasteiger partial charge in [0.05, 0.1) is 26.2 Å². The highest BCUT2D eigenvalue weighted by Gasteiger charge is 2.38. The van der Waals surface area contributed by atoms with Crippen LogP contribution in [0.4, 0.5) is 4.79 Å². The van der Waals surface area contributed by atoms with Crippen LogP contribution in [0, 0.1) is 5.92 Å². The summed E-state index contributed by atoms with van der Waals surface area (Å²) < 4.78 is 9.83. The summed E-state index contributed by atoms with van der Waals surface area (Å²) in [6.45, 7) is 3.34. The molecule has 1 saturated heterocycles. The number of methoxy groups -OCH3 is 1. The molecule has 1 heterocycles. The third-order valence-electron chi connectivity index (χ3n) is 3.39. The van der Waals surface area contributed by atoms with E-state index in [-0.39, 0.29) is 11.9 Å². The number of rotatable bonds is 4. The molecule has 0 saturated carbocycles. The molecule has 6 nitrogen and oxygen atoms in total. The molecule has 1 aliphatic rings. The molecule has 0 aliphatic carbocycles. The molecule has 0 radical (unpaired) electrons. The molecule has 6 heteroatoms. The Bertz CT molecular complexity index is 492. The zero-order valence-corrected chi connectivity index (χ0v) is 12.3. The van der Waals surface area contributed by atoms with Crippen molar-refractivity contribution >= 4 is 12.1 Å². The summed E-state index contributed by atoms with van der Waals surface area (Å²) in [4.78, 5) is 23.7. The van der Waals surface area contributed by atoms with Gasteiger partial charge in [0.2, 0.25) is 0 Å². The number of hydrazine groups is 1. The minimum atomic E-state index is -0.431. The van der Waals surface area contributed by atoms with Crippen molar-refractivity contribution in [1.82, 2.24) is 10.0 Å². The number of carbonyl (C=O) groups excluding carboxylic acids is 2. The highest BCUT2D eigenvalue weighted by atomic mass is 16.6. The van der Waals surface area contributed by atoms with Crippen LogP contribution in [0.15, 0.2) is 30.3 Å². The normalized spacial score (nSPS) is 18.6. The van der Waals surface area contributed by atoms with Crippen molar-refractivity contribution in [3.05, 3.63) is 35.9 Å². The first-order valence-electron chi connectivity index (χ1n) is 6.96. The number of esters is 1. The van der Waals surface area contributed by atoms with E-state index in [0.29, 0.717) is 26.2 Å². The highest BCUT2D eigenvalue weighted by molar-refractivity contribution is 5.75. The topological polar surface area (TPSA) is 59.1 Å². The molecule has 0 aromatic heterocycles. The monoisotopic (exact) mass is 292 g/mol. The van der Waals surface area contributed by atoms with Crippen LogP contribution >= 0.6 is 0 Å². The fraction of sp³-hybridized carbons (Fsp3) is 0.467. The Morgan fingerprint density at radius 2 is 1.95 bits per heavy atom. The highest BCUT2D eigenvalue weighted by Crippen LogP contribution is 2.21. The second-order valence-electron chi connectivity index (χ2n) is 4.83. The summed E-state index contributed by atoms with van der Waals surface area (Å²) in [6, 6.07) is 9.78. The van der Waals surface area contributed by atoms with E-state index in [4.69, 9.17) is 9.47 Å². The van der Waals surface area contributed by atoms with Crippen molar-refractivity contribution in [2.24, 2.45) is 5.92 Å². The second-order valence-corrected chi connectivity index (χ2v) is 4.83. The Kier molecular flexibility index (Phi) is 5.16. The van der Waals surface area contributed by atoms with Gasteiger partial charge in [-0.3, -0.25) is 4.79 Å². The smallest absolute Gasteiger partial charge is 0.424 e. The molecule has 1 fully saturated rings. The lowest BCUT2D eigenvalue weighted by atomic mass is 10.1. The molecular weight excluding hydrogens is 272 g/mol. The Hall–Kier alpha value is -2.08. The van der Waals surface area contributed by atoms with Gasteiger partial charge in [-0.05, 0) is 12.5 Å². The Morgan fingerprint density at radius 1 is 1.24 bits per heavy atom. The maximum absolute atomic E-state index is 12.0. The molecule has 1 aromatic rings. The molecule has 0 bridgehead atoms. The van der Waals surface area contributed by atoms with Crippen LogP contribution < -0.4 is 0 Å². The lowest BCUT2D eigenvalue weighted by molar-refractivity contribution is -0.144. The summed E-state index contributed by atoms with van der Waals surface area (Å²) in [5.41, 5.74) is 1.07. The molecular formula is C15H20N2O4. The van der Waals surface area contributed by atoms with Crippen molar-refractivity contribution in [3.8, 4) is 0 Å². The van der Waals surface area contributed by atoms with Gasteiger partial charge < -0.3 is 9.47 Å². The number of nitrogens with zero attached hydrogens (tertiary/aromatic N) is 2. The fourth-order valence-electron chi connectivity index (χ4n) is 2.38. The molecule has 1 aromatic carbocycles. The van der Waals surface area contributed by atoms with Gasteiger partial charge in [-0.15, -0.1) is 0 Å². The van der Waals surface area contributed by atoms with Crippen LogP contribution in [-0.2, 0) is 20.8 Å². The summed E-state index contributed by atoms with van der Waals surface area (Å²) in [5, 5.41) is 3.31. The van der Waals surface area contributed by atoms with E-state index in [9.17, 15) is 9.59 Å². The first-order valence-corrected chi connectivity index (χ1v) is 6.96. The van der Waals surface area contributed by atoms with Crippen LogP contribution in [0.5, 0.6) is 0 Å². The van der Waals surface area contributed by atoms with Gasteiger partial charge >= 0.3 is 12.1 Å². The average molecular weight is 292 g/mol. The predicted octanol–water partition coefficient (Wildman–Crippen LogP) is 1.66. The Labute approximate surface area is 124 Å². The first-order chi connectivity index (χ1) is 10.2. The lowest BCUT2D eigenvalue weighted by Crippen LogP contribution is -2.41. The number of hydrogen-bond donors (Lipinski definition) is 0. The quantitative estimate of drug-likeness (QED) is 0.790. The van der Waals surface area contributed by atoms with Gasteiger partial charge in [0.15, 0.2) is 0 Å². The van der Waals surface area contributed by atoms with E-state index < -0.39 is 6.09 Å². The van der Waals surface area contributed by atoms with E-state index in [1.807, 2.05) is 35.3 Å². The zero-order valence-electron chi connectivity index (χ0n) is 12.3. The first kappa shape index (κ1) is 15.3. The summed E-state index contributed by atoms with van der Waals surface area (Å²) in [6.07, 6.45) is -0.431. The predicted molar refractivity (Wildman–Crippen MR) is 76.1 cm³/mol. The molecule has 0 spiro atoms. The van der Waals surface area contributed by atoms with Crippen molar-refractivity contribution in [2.45, 2.75) is 13.5 Å². The van der Waals surface area contributed by atoms with Gasteiger partial charge in [0.1, 0.15) is 0 Å². The third-order valence-corrected chi connectivity index (χ3v) is 3.39. The van der Waals surface area contributed by atoms with Crippen LogP contribution in [-0.4, -0.2) is 48.9 Å². The largest absolute Gasteiger partial charge is 0.469 e. The molecule has 1 atom stereocenters. The van der Waals surface area contributed by atoms with Crippen molar-refractivity contribution < 1.29 is 19.1 Å². The zero-order chi connectivity index (χ0) is 15.2. The molecule has 1 aliphatic heterocycles. The van der Waals surface area contributed by atoms with Crippen LogP contribution in [0.2, 0.25) is 0 Å². The minimum Gasteiger partial charge on any atom is -0.469 e. The number of hydrogen-bond acceptors (Lipinski definition) is 5. The van der Waals surface area contributed by atoms with Gasteiger partial charge in [-0.25, -0.2) is 14.8 Å². The maximum atomic E-state index is 12.0. The van der Waals surface area contributed by atoms with E-state index >= 15 is 0 Å². The van der Waals surface area contributed by atoms with Crippen molar-refractivity contribution in [2.75, 3.05) is 26.8 Å². The van der Waals surface area contributed by atoms with Crippen molar-refractivity contribution in [3.63, 3.8) is 0 Å². The fourth-order valence-corrected chi connectivity index (χ4v) is 2.38. The van der Waals surface area contributed by atoms with Crippen LogP contribution in [0.25, 0.3) is 0 Å². The molecule has 21 heavy (non-hydrogen) atoms. The van der Waals surface area contributed by atoms with Crippen LogP contribution in [0.3, 0.4) is 0 Å². The molecule has 2 rings (SSSR count). The number of carbonyl (C=O) groups is 2. The third kappa shape index (κ3) is 3.72. The second kappa shape index (κ2) is 7.08. The summed E-state index contributed by atoms with van der Waals surface area (Å²) in [5.74, 6) is -0.650. The number of amides is 1. The average Bonchev–Trinajstić information content (AvgIpc) is 2.91. The van der Waals surface area contributed by atoms with Gasteiger partial charge in [-0.2, -0.15) is 0 Å². The summed E-state index contributed by atoms with van der Waals surface area (Å²) in [7, 11) is 1.36.